The molecule has 2 nitrogen and oxygen atoms in total. The van der Waals surface area contributed by atoms with Crippen LogP contribution in [0.25, 0.3) is 0 Å². The lowest BCUT2D eigenvalue weighted by Gasteiger charge is -2.13. The van der Waals surface area contributed by atoms with Crippen LogP contribution in [0.3, 0.4) is 0 Å². The molecule has 1 fully saturated rings. The molecule has 1 aromatic carbocycles. The Morgan fingerprint density at radius 3 is 2.57 bits per heavy atom. The van der Waals surface area contributed by atoms with E-state index in [-0.39, 0.29) is 11.8 Å². The molecule has 0 amide bonds. The normalized spacial score (nSPS) is 27.0. The summed E-state index contributed by atoms with van der Waals surface area (Å²) in [4.78, 5) is 13.3. The maximum Gasteiger partial charge on any atom is 0.148 e. The van der Waals surface area contributed by atoms with Gasteiger partial charge in [0.25, 0.3) is 0 Å². The third-order valence-electron chi connectivity index (χ3n) is 2.90. The van der Waals surface area contributed by atoms with Gasteiger partial charge in [0.2, 0.25) is 0 Å². The maximum absolute atomic E-state index is 11.1. The highest BCUT2D eigenvalue weighted by Crippen LogP contribution is 2.31. The monoisotopic (exact) mass is 189 g/mol. The van der Waals surface area contributed by atoms with Crippen molar-refractivity contribution in [2.45, 2.75) is 25.9 Å². The van der Waals surface area contributed by atoms with E-state index < -0.39 is 0 Å². The molecule has 0 aliphatic carbocycles. The molecule has 1 aliphatic rings. The number of carbonyl (C=O) groups is 1. The minimum Gasteiger partial charge on any atom is -0.298 e. The predicted octanol–water partition coefficient (Wildman–Crippen LogP) is 2.02. The molecule has 1 unspecified atom stereocenters. The number of hydrogen-bond donors (Lipinski definition) is 0. The molecule has 1 aromatic rings. The van der Waals surface area contributed by atoms with Gasteiger partial charge < -0.3 is 0 Å². The van der Waals surface area contributed by atoms with Crippen LogP contribution in [-0.4, -0.2) is 23.3 Å². The summed E-state index contributed by atoms with van der Waals surface area (Å²) in [6.45, 7) is 4.74. The number of hydrogen-bond acceptors (Lipinski definition) is 2. The van der Waals surface area contributed by atoms with Gasteiger partial charge in [-0.15, -0.1) is 0 Å². The van der Waals surface area contributed by atoms with E-state index in [9.17, 15) is 4.79 Å². The van der Waals surface area contributed by atoms with Crippen molar-refractivity contribution < 1.29 is 4.79 Å². The van der Waals surface area contributed by atoms with Crippen molar-refractivity contribution in [2.24, 2.45) is 0 Å². The van der Waals surface area contributed by atoms with Crippen LogP contribution < -0.4 is 0 Å². The summed E-state index contributed by atoms with van der Waals surface area (Å²) >= 11 is 0. The van der Waals surface area contributed by atoms with E-state index in [0.29, 0.717) is 6.04 Å². The molecular formula is C12H15NO. The van der Waals surface area contributed by atoms with Gasteiger partial charge in [-0.3, -0.25) is 9.69 Å². The molecule has 0 spiro atoms. The van der Waals surface area contributed by atoms with Crippen LogP contribution in [0.15, 0.2) is 30.3 Å². The van der Waals surface area contributed by atoms with Crippen LogP contribution in [0.1, 0.15) is 25.5 Å². The smallest absolute Gasteiger partial charge is 0.148 e. The molecule has 3 atom stereocenters. The van der Waals surface area contributed by atoms with Crippen LogP contribution in [0, 0.1) is 0 Å². The first kappa shape index (κ1) is 9.41. The van der Waals surface area contributed by atoms with Crippen LogP contribution in [0.2, 0.25) is 0 Å². The topological polar surface area (TPSA) is 20.1 Å². The van der Waals surface area contributed by atoms with E-state index in [1.54, 1.807) is 6.92 Å². The molecule has 1 heterocycles. The summed E-state index contributed by atoms with van der Waals surface area (Å²) in [6.07, 6.45) is 0. The molecular weight excluding hydrogens is 174 g/mol. The van der Waals surface area contributed by atoms with E-state index in [4.69, 9.17) is 0 Å². The number of benzene rings is 1. The lowest BCUT2D eigenvalue weighted by atomic mass is 10.1. The number of Topliss-reactive ketones (excluding diaryl/α,β-unsaturated/α-hetero) is 1. The zero-order chi connectivity index (χ0) is 10.1. The lowest BCUT2D eigenvalue weighted by molar-refractivity contribution is -0.117. The molecule has 0 aromatic heterocycles. The van der Waals surface area contributed by atoms with Gasteiger partial charge in [0.1, 0.15) is 5.78 Å². The number of carbonyl (C=O) groups excluding carboxylic acids is 1. The highest BCUT2D eigenvalue weighted by Gasteiger charge is 2.41. The van der Waals surface area contributed by atoms with E-state index in [0.717, 1.165) is 6.54 Å². The van der Waals surface area contributed by atoms with Crippen molar-refractivity contribution in [3.05, 3.63) is 35.9 Å². The van der Waals surface area contributed by atoms with E-state index >= 15 is 0 Å². The second-order valence-corrected chi connectivity index (χ2v) is 3.91. The molecule has 0 saturated carbocycles. The molecule has 14 heavy (non-hydrogen) atoms. The van der Waals surface area contributed by atoms with Gasteiger partial charge in [-0.25, -0.2) is 0 Å². The highest BCUT2D eigenvalue weighted by molar-refractivity contribution is 5.84. The zero-order valence-corrected chi connectivity index (χ0v) is 8.60. The van der Waals surface area contributed by atoms with Crippen LogP contribution in [0.4, 0.5) is 0 Å². The predicted molar refractivity (Wildman–Crippen MR) is 56.0 cm³/mol. The van der Waals surface area contributed by atoms with Gasteiger partial charge in [0.05, 0.1) is 6.04 Å². The first-order valence-electron chi connectivity index (χ1n) is 5.01. The molecule has 0 N–H and O–H groups in total. The first-order valence-corrected chi connectivity index (χ1v) is 5.01. The van der Waals surface area contributed by atoms with Gasteiger partial charge >= 0.3 is 0 Å². The van der Waals surface area contributed by atoms with Gasteiger partial charge in [-0.2, -0.15) is 0 Å². The summed E-state index contributed by atoms with van der Waals surface area (Å²) in [5.41, 5.74) is 1.29. The summed E-state index contributed by atoms with van der Waals surface area (Å²) in [5.74, 6) is 0.285. The second-order valence-electron chi connectivity index (χ2n) is 3.91. The summed E-state index contributed by atoms with van der Waals surface area (Å²) < 4.78 is 0. The minimum atomic E-state index is 0.171. The Bertz CT molecular complexity index is 333. The fourth-order valence-electron chi connectivity index (χ4n) is 1.87. The maximum atomic E-state index is 11.1. The quantitative estimate of drug-likeness (QED) is 0.678. The Labute approximate surface area is 84.5 Å². The zero-order valence-electron chi connectivity index (χ0n) is 8.60. The van der Waals surface area contributed by atoms with E-state index in [1.807, 2.05) is 18.2 Å². The molecule has 0 bridgehead atoms. The number of ketones is 1. The molecule has 2 rings (SSSR count). The fraction of sp³-hybridized carbons (Fsp3) is 0.417. The average molecular weight is 189 g/mol. The molecule has 1 saturated heterocycles. The Morgan fingerprint density at radius 1 is 1.43 bits per heavy atom. The SMILES string of the molecule is CC(=O)[C@H]1CN1[C@@H](C)c1ccccc1. The third-order valence-corrected chi connectivity index (χ3v) is 2.90. The summed E-state index contributed by atoms with van der Waals surface area (Å²) in [6, 6.07) is 10.9. The fourth-order valence-corrected chi connectivity index (χ4v) is 1.87. The van der Waals surface area contributed by atoms with Gasteiger partial charge in [-0.1, -0.05) is 30.3 Å². The average Bonchev–Trinajstić information content (AvgIpc) is 2.97. The van der Waals surface area contributed by atoms with Crippen molar-refractivity contribution >= 4 is 5.78 Å². The second kappa shape index (κ2) is 3.54. The number of nitrogens with zero attached hydrogens (tertiary/aromatic N) is 1. The van der Waals surface area contributed by atoms with Crippen LogP contribution in [-0.2, 0) is 4.79 Å². The van der Waals surface area contributed by atoms with Crippen molar-refractivity contribution in [2.75, 3.05) is 6.54 Å². The van der Waals surface area contributed by atoms with E-state index in [1.165, 1.54) is 5.56 Å². The van der Waals surface area contributed by atoms with Crippen molar-refractivity contribution in [1.82, 2.24) is 4.90 Å². The molecule has 1 aliphatic heterocycles. The molecule has 2 heteroatoms. The summed E-state index contributed by atoms with van der Waals surface area (Å²) in [5, 5.41) is 0. The molecule has 0 radical (unpaired) electrons. The van der Waals surface area contributed by atoms with Crippen molar-refractivity contribution in [3.63, 3.8) is 0 Å². The first-order chi connectivity index (χ1) is 6.70. The minimum absolute atomic E-state index is 0.171. The molecule has 74 valence electrons. The van der Waals surface area contributed by atoms with Crippen LogP contribution in [0.5, 0.6) is 0 Å². The van der Waals surface area contributed by atoms with Crippen LogP contribution >= 0.6 is 0 Å². The van der Waals surface area contributed by atoms with Crippen molar-refractivity contribution in [3.8, 4) is 0 Å². The van der Waals surface area contributed by atoms with Gasteiger partial charge in [-0.05, 0) is 19.4 Å². The largest absolute Gasteiger partial charge is 0.298 e. The lowest BCUT2D eigenvalue weighted by Crippen LogP contribution is -2.13. The van der Waals surface area contributed by atoms with Gasteiger partial charge in [0.15, 0.2) is 0 Å². The van der Waals surface area contributed by atoms with Crippen molar-refractivity contribution in [1.29, 1.82) is 0 Å². The Hall–Kier alpha value is -1.15. The Morgan fingerprint density at radius 2 is 2.07 bits per heavy atom. The Kier molecular flexibility index (Phi) is 2.38. The standard InChI is InChI=1S/C12H15NO/c1-9(11-6-4-3-5-7-11)13-8-12(13)10(2)14/h3-7,9,12H,8H2,1-2H3/t9-,12+,13?/m0/s1. The highest BCUT2D eigenvalue weighted by atomic mass is 16.1. The van der Waals surface area contributed by atoms with Gasteiger partial charge in [0, 0.05) is 12.6 Å². The summed E-state index contributed by atoms with van der Waals surface area (Å²) in [7, 11) is 0. The number of rotatable bonds is 3. The Balaban J connectivity index is 2.05. The van der Waals surface area contributed by atoms with E-state index in [2.05, 4.69) is 24.0 Å². The third kappa shape index (κ3) is 1.70.